The number of hydrogen-bond acceptors (Lipinski definition) is 5. The Balaban J connectivity index is 1.73. The summed E-state index contributed by atoms with van der Waals surface area (Å²) in [5.41, 5.74) is 2.84. The Kier molecular flexibility index (Phi) is 11.2. The number of ether oxygens (including phenoxy) is 1. The number of aryl methyl sites for hydroxylation is 1. The molecule has 2 amide bonds. The van der Waals surface area contributed by atoms with Gasteiger partial charge >= 0.3 is 6.09 Å². The molecule has 0 spiro atoms. The smallest absolute Gasteiger partial charge is 0.408 e. The highest BCUT2D eigenvalue weighted by atomic mass is 35.5. The predicted octanol–water partition coefficient (Wildman–Crippen LogP) is 5.31. The quantitative estimate of drug-likeness (QED) is 0.429. The molecule has 214 valence electrons. The lowest BCUT2D eigenvalue weighted by atomic mass is 10.0. The second-order valence-electron chi connectivity index (χ2n) is 11.3. The van der Waals surface area contributed by atoms with Crippen molar-refractivity contribution in [3.8, 4) is 0 Å². The first kappa shape index (κ1) is 30.9. The number of alkyl carbamates (subject to hydrolysis) is 1. The van der Waals surface area contributed by atoms with Gasteiger partial charge in [0.25, 0.3) is 0 Å². The van der Waals surface area contributed by atoms with Crippen LogP contribution in [0.15, 0.2) is 48.5 Å². The molecule has 3 rings (SSSR count). The first-order chi connectivity index (χ1) is 18.5. The van der Waals surface area contributed by atoms with E-state index in [1.165, 1.54) is 11.1 Å². The van der Waals surface area contributed by atoms with E-state index in [2.05, 4.69) is 60.2 Å². The Bertz CT molecular complexity index is 1070. The van der Waals surface area contributed by atoms with Crippen LogP contribution >= 0.6 is 11.6 Å². The van der Waals surface area contributed by atoms with Crippen LogP contribution in [0, 0.1) is 6.92 Å². The third-order valence-electron chi connectivity index (χ3n) is 7.16. The number of likely N-dealkylation sites (N-methyl/N-ethyl adjacent to an activating group) is 1. The number of hydrogen-bond donors (Lipinski definition) is 1. The highest BCUT2D eigenvalue weighted by Crippen LogP contribution is 2.25. The number of rotatable bonds is 10. The van der Waals surface area contributed by atoms with Crippen molar-refractivity contribution in [1.82, 2.24) is 20.0 Å². The number of nitrogens with zero attached hydrogens (tertiary/aromatic N) is 3. The van der Waals surface area contributed by atoms with Crippen LogP contribution in [0.1, 0.15) is 57.4 Å². The molecule has 1 aliphatic heterocycles. The highest BCUT2D eigenvalue weighted by Gasteiger charge is 2.32. The standard InChI is InChI=1S/C31H45ClN4O3/c1-7-34(8-2)22-28(25-11-9-10-23(3)20-25)35-16-18-36(19-17-35)29(37)27(33-30(38)39-31(4,5)6)21-24-12-14-26(32)15-13-24/h9-15,20,27-28H,7-8,16-19,21-22H2,1-6H3,(H,33,38)/t27-,28?/m1/s1. The summed E-state index contributed by atoms with van der Waals surface area (Å²) in [6, 6.07) is 15.6. The van der Waals surface area contributed by atoms with Crippen LogP contribution in [0.25, 0.3) is 0 Å². The summed E-state index contributed by atoms with van der Waals surface area (Å²) in [6.45, 7) is 17.7. The molecular formula is C31H45ClN4O3. The summed E-state index contributed by atoms with van der Waals surface area (Å²) in [6.07, 6.45) is -0.226. The van der Waals surface area contributed by atoms with Crippen molar-refractivity contribution >= 4 is 23.6 Å². The van der Waals surface area contributed by atoms with Crippen LogP contribution in [-0.2, 0) is 16.0 Å². The Morgan fingerprint density at radius 3 is 2.23 bits per heavy atom. The molecule has 7 nitrogen and oxygen atoms in total. The Morgan fingerprint density at radius 2 is 1.67 bits per heavy atom. The van der Waals surface area contributed by atoms with E-state index in [0.29, 0.717) is 24.5 Å². The fourth-order valence-electron chi connectivity index (χ4n) is 5.02. The van der Waals surface area contributed by atoms with E-state index in [1.54, 1.807) is 12.1 Å². The molecule has 1 unspecified atom stereocenters. The zero-order valence-corrected chi connectivity index (χ0v) is 25.1. The summed E-state index contributed by atoms with van der Waals surface area (Å²) >= 11 is 6.06. The molecule has 1 aliphatic rings. The number of carbonyl (C=O) groups excluding carboxylic acids is 2. The van der Waals surface area contributed by atoms with Crippen molar-refractivity contribution < 1.29 is 14.3 Å². The van der Waals surface area contributed by atoms with Crippen molar-refractivity contribution in [3.05, 3.63) is 70.2 Å². The van der Waals surface area contributed by atoms with Crippen molar-refractivity contribution in [2.75, 3.05) is 45.8 Å². The number of nitrogens with one attached hydrogen (secondary N) is 1. The number of halogens is 1. The van der Waals surface area contributed by atoms with Crippen LogP contribution in [-0.4, -0.2) is 84.2 Å². The SMILES string of the molecule is CCN(CC)CC(c1cccc(C)c1)N1CCN(C(=O)[C@@H](Cc2ccc(Cl)cc2)NC(=O)OC(C)(C)C)CC1. The molecule has 0 saturated carbocycles. The van der Waals surface area contributed by atoms with Gasteiger partial charge in [-0.25, -0.2) is 4.79 Å². The van der Waals surface area contributed by atoms with Gasteiger partial charge in [-0.1, -0.05) is 67.4 Å². The summed E-state index contributed by atoms with van der Waals surface area (Å²) in [4.78, 5) is 33.2. The summed E-state index contributed by atoms with van der Waals surface area (Å²) in [5.74, 6) is -0.0914. The lowest BCUT2D eigenvalue weighted by molar-refractivity contribution is -0.135. The van der Waals surface area contributed by atoms with Gasteiger partial charge in [-0.15, -0.1) is 0 Å². The maximum atomic E-state index is 13.7. The van der Waals surface area contributed by atoms with Crippen LogP contribution in [0.2, 0.25) is 5.02 Å². The van der Waals surface area contributed by atoms with Gasteiger partial charge in [0.15, 0.2) is 0 Å². The van der Waals surface area contributed by atoms with Crippen molar-refractivity contribution in [2.24, 2.45) is 0 Å². The maximum absolute atomic E-state index is 13.7. The largest absolute Gasteiger partial charge is 0.444 e. The van der Waals surface area contributed by atoms with Crippen LogP contribution in [0.4, 0.5) is 4.79 Å². The topological polar surface area (TPSA) is 65.1 Å². The highest BCUT2D eigenvalue weighted by molar-refractivity contribution is 6.30. The van der Waals surface area contributed by atoms with Crippen LogP contribution < -0.4 is 5.32 Å². The van der Waals surface area contributed by atoms with E-state index in [-0.39, 0.29) is 11.9 Å². The molecule has 2 aromatic rings. The molecule has 1 heterocycles. The van der Waals surface area contributed by atoms with Crippen LogP contribution in [0.5, 0.6) is 0 Å². The van der Waals surface area contributed by atoms with E-state index in [1.807, 2.05) is 37.8 Å². The lowest BCUT2D eigenvalue weighted by Gasteiger charge is -2.42. The molecule has 1 fully saturated rings. The predicted molar refractivity (Wildman–Crippen MR) is 158 cm³/mol. The summed E-state index contributed by atoms with van der Waals surface area (Å²) in [5, 5.41) is 3.47. The molecule has 0 radical (unpaired) electrons. The Hall–Kier alpha value is -2.61. The van der Waals surface area contributed by atoms with E-state index in [9.17, 15) is 9.59 Å². The molecule has 39 heavy (non-hydrogen) atoms. The average molecular weight is 557 g/mol. The Morgan fingerprint density at radius 1 is 1.03 bits per heavy atom. The third kappa shape index (κ3) is 9.52. The van der Waals surface area contributed by atoms with Crippen LogP contribution in [0.3, 0.4) is 0 Å². The third-order valence-corrected chi connectivity index (χ3v) is 7.41. The van der Waals surface area contributed by atoms with E-state index in [4.69, 9.17) is 16.3 Å². The molecule has 8 heteroatoms. The van der Waals surface area contributed by atoms with E-state index in [0.717, 1.165) is 38.3 Å². The fourth-order valence-corrected chi connectivity index (χ4v) is 5.14. The number of carbonyl (C=O) groups is 2. The normalized spacial score (nSPS) is 16.2. The van der Waals surface area contributed by atoms with Gasteiger partial charge in [0.05, 0.1) is 0 Å². The van der Waals surface area contributed by atoms with E-state index < -0.39 is 17.7 Å². The van der Waals surface area contributed by atoms with Crippen molar-refractivity contribution in [1.29, 1.82) is 0 Å². The molecule has 1 N–H and O–H groups in total. The van der Waals surface area contributed by atoms with E-state index >= 15 is 0 Å². The zero-order chi connectivity index (χ0) is 28.6. The minimum Gasteiger partial charge on any atom is -0.444 e. The van der Waals surface area contributed by atoms with Gasteiger partial charge in [-0.2, -0.15) is 0 Å². The number of piperazine rings is 1. The molecule has 2 aromatic carbocycles. The minimum atomic E-state index is -0.726. The molecule has 0 aliphatic carbocycles. The first-order valence-electron chi connectivity index (χ1n) is 14.0. The molecule has 2 atom stereocenters. The van der Waals surface area contributed by atoms with Gasteiger partial charge in [-0.3, -0.25) is 9.69 Å². The molecule has 0 bridgehead atoms. The number of benzene rings is 2. The summed E-state index contributed by atoms with van der Waals surface area (Å²) < 4.78 is 5.47. The monoisotopic (exact) mass is 556 g/mol. The van der Waals surface area contributed by atoms with Gasteiger partial charge in [0.2, 0.25) is 5.91 Å². The number of amides is 2. The van der Waals surface area contributed by atoms with Crippen molar-refractivity contribution in [3.63, 3.8) is 0 Å². The maximum Gasteiger partial charge on any atom is 0.408 e. The molecular weight excluding hydrogens is 512 g/mol. The zero-order valence-electron chi connectivity index (χ0n) is 24.4. The van der Waals surface area contributed by atoms with Crippen molar-refractivity contribution in [2.45, 2.75) is 65.6 Å². The minimum absolute atomic E-state index is 0.0914. The first-order valence-corrected chi connectivity index (χ1v) is 14.4. The molecule has 1 saturated heterocycles. The second kappa shape index (κ2) is 14.1. The fraction of sp³-hybridized carbons (Fsp3) is 0.548. The van der Waals surface area contributed by atoms with Gasteiger partial charge in [0, 0.05) is 50.2 Å². The second-order valence-corrected chi connectivity index (χ2v) is 11.7. The van der Waals surface area contributed by atoms with Gasteiger partial charge < -0.3 is 19.9 Å². The lowest BCUT2D eigenvalue weighted by Crippen LogP contribution is -2.57. The Labute approximate surface area is 239 Å². The van der Waals surface area contributed by atoms with Gasteiger partial charge in [-0.05, 0) is 64.0 Å². The van der Waals surface area contributed by atoms with Gasteiger partial charge in [0.1, 0.15) is 11.6 Å². The average Bonchev–Trinajstić information content (AvgIpc) is 2.89. The summed E-state index contributed by atoms with van der Waals surface area (Å²) in [7, 11) is 0. The molecule has 0 aromatic heterocycles.